The summed E-state index contributed by atoms with van der Waals surface area (Å²) >= 11 is 0. The van der Waals surface area contributed by atoms with Crippen LogP contribution in [0.3, 0.4) is 0 Å². The first-order valence-electron chi connectivity index (χ1n) is 5.12. The molecule has 0 aliphatic carbocycles. The van der Waals surface area contributed by atoms with Crippen LogP contribution in [-0.2, 0) is 14.8 Å². The highest BCUT2D eigenvalue weighted by atomic mass is 32.2. The molecule has 0 saturated carbocycles. The molecule has 17 heavy (non-hydrogen) atoms. The van der Waals surface area contributed by atoms with Gasteiger partial charge in [0, 0.05) is 0 Å². The lowest BCUT2D eigenvalue weighted by Crippen LogP contribution is -2.22. The van der Waals surface area contributed by atoms with Crippen molar-refractivity contribution in [1.29, 1.82) is 0 Å². The largest absolute Gasteiger partial charge is 0.459 e. The van der Waals surface area contributed by atoms with Crippen LogP contribution in [0, 0.1) is 0 Å². The summed E-state index contributed by atoms with van der Waals surface area (Å²) in [7, 11) is -2.37. The Hall–Kier alpha value is -1.40. The molecule has 1 rings (SSSR count). The van der Waals surface area contributed by atoms with E-state index >= 15 is 0 Å². The minimum atomic E-state index is -3.66. The molecule has 0 radical (unpaired) electrons. The van der Waals surface area contributed by atoms with E-state index in [0.29, 0.717) is 0 Å². The molecule has 0 aliphatic rings. The van der Waals surface area contributed by atoms with E-state index in [4.69, 9.17) is 4.74 Å². The monoisotopic (exact) mass is 257 g/mol. The standard InChI is InChI=1S/C11H15NO4S/c1-8(2)16-11(13)9-6-4-5-7-10(9)17(14,15)12-3/h4-8,12H,1-3H3. The number of benzene rings is 1. The van der Waals surface area contributed by atoms with Crippen molar-refractivity contribution >= 4 is 16.0 Å². The lowest BCUT2D eigenvalue weighted by Gasteiger charge is -2.11. The zero-order valence-corrected chi connectivity index (χ0v) is 10.7. The first-order valence-corrected chi connectivity index (χ1v) is 6.60. The molecule has 0 saturated heterocycles. The summed E-state index contributed by atoms with van der Waals surface area (Å²) in [4.78, 5) is 11.6. The van der Waals surface area contributed by atoms with Crippen LogP contribution in [0.5, 0.6) is 0 Å². The summed E-state index contributed by atoms with van der Waals surface area (Å²) in [6.07, 6.45) is -0.298. The zero-order chi connectivity index (χ0) is 13.1. The second kappa shape index (κ2) is 5.29. The van der Waals surface area contributed by atoms with Gasteiger partial charge in [0.1, 0.15) is 0 Å². The Morgan fingerprint density at radius 2 is 1.88 bits per heavy atom. The molecule has 0 aliphatic heterocycles. The Labute approximate surface area is 101 Å². The Morgan fingerprint density at radius 1 is 1.29 bits per heavy atom. The zero-order valence-electron chi connectivity index (χ0n) is 9.93. The van der Waals surface area contributed by atoms with Crippen molar-refractivity contribution in [2.75, 3.05) is 7.05 Å². The maximum Gasteiger partial charge on any atom is 0.339 e. The van der Waals surface area contributed by atoms with Gasteiger partial charge >= 0.3 is 5.97 Å². The maximum absolute atomic E-state index is 11.7. The predicted octanol–water partition coefficient (Wildman–Crippen LogP) is 1.16. The van der Waals surface area contributed by atoms with E-state index in [9.17, 15) is 13.2 Å². The summed E-state index contributed by atoms with van der Waals surface area (Å²) in [5.74, 6) is -0.644. The molecule has 6 heteroatoms. The highest BCUT2D eigenvalue weighted by Crippen LogP contribution is 2.16. The van der Waals surface area contributed by atoms with Gasteiger partial charge in [-0.1, -0.05) is 12.1 Å². The average Bonchev–Trinajstić information content (AvgIpc) is 2.28. The van der Waals surface area contributed by atoms with Crippen molar-refractivity contribution in [3.05, 3.63) is 29.8 Å². The van der Waals surface area contributed by atoms with Crippen molar-refractivity contribution in [2.24, 2.45) is 0 Å². The summed E-state index contributed by atoms with van der Waals surface area (Å²) in [5.41, 5.74) is 0.0375. The van der Waals surface area contributed by atoms with Gasteiger partial charge in [-0.15, -0.1) is 0 Å². The third-order valence-corrected chi connectivity index (χ3v) is 3.48. The molecule has 1 aromatic rings. The van der Waals surface area contributed by atoms with E-state index < -0.39 is 16.0 Å². The topological polar surface area (TPSA) is 72.5 Å². The number of nitrogens with one attached hydrogen (secondary N) is 1. The van der Waals surface area contributed by atoms with Gasteiger partial charge in [-0.3, -0.25) is 0 Å². The van der Waals surface area contributed by atoms with E-state index in [2.05, 4.69) is 4.72 Å². The summed E-state index contributed by atoms with van der Waals surface area (Å²) in [6, 6.07) is 5.93. The highest BCUT2D eigenvalue weighted by Gasteiger charge is 2.21. The molecular weight excluding hydrogens is 242 g/mol. The van der Waals surface area contributed by atoms with Gasteiger partial charge in [0.25, 0.3) is 0 Å². The number of hydrogen-bond donors (Lipinski definition) is 1. The van der Waals surface area contributed by atoms with Gasteiger partial charge in [-0.05, 0) is 33.0 Å². The van der Waals surface area contributed by atoms with Crippen LogP contribution in [0.4, 0.5) is 0 Å². The number of rotatable bonds is 4. The minimum Gasteiger partial charge on any atom is -0.459 e. The van der Waals surface area contributed by atoms with E-state index in [1.54, 1.807) is 26.0 Å². The maximum atomic E-state index is 11.7. The Bertz CT molecular complexity index is 508. The molecule has 1 aromatic carbocycles. The Balaban J connectivity index is 3.22. The van der Waals surface area contributed by atoms with Crippen LogP contribution in [0.1, 0.15) is 24.2 Å². The average molecular weight is 257 g/mol. The van der Waals surface area contributed by atoms with Crippen molar-refractivity contribution in [3.8, 4) is 0 Å². The van der Waals surface area contributed by atoms with Crippen LogP contribution in [0.25, 0.3) is 0 Å². The SMILES string of the molecule is CNS(=O)(=O)c1ccccc1C(=O)OC(C)C. The van der Waals surface area contributed by atoms with Gasteiger partial charge in [0.05, 0.1) is 16.6 Å². The molecular formula is C11H15NO4S. The van der Waals surface area contributed by atoms with Crippen LogP contribution >= 0.6 is 0 Å². The molecule has 0 heterocycles. The third kappa shape index (κ3) is 3.28. The third-order valence-electron chi connectivity index (χ3n) is 2.01. The van der Waals surface area contributed by atoms with Crippen LogP contribution < -0.4 is 4.72 Å². The highest BCUT2D eigenvalue weighted by molar-refractivity contribution is 7.89. The molecule has 0 bridgehead atoms. The number of hydrogen-bond acceptors (Lipinski definition) is 4. The quantitative estimate of drug-likeness (QED) is 0.821. The van der Waals surface area contributed by atoms with Gasteiger partial charge in [0.15, 0.2) is 0 Å². The summed E-state index contributed by atoms with van der Waals surface area (Å²) in [5, 5.41) is 0. The number of esters is 1. The van der Waals surface area contributed by atoms with Crippen LogP contribution in [0.2, 0.25) is 0 Å². The predicted molar refractivity (Wildman–Crippen MR) is 63.2 cm³/mol. The Kier molecular flexibility index (Phi) is 4.25. The smallest absolute Gasteiger partial charge is 0.339 e. The van der Waals surface area contributed by atoms with Gasteiger partial charge in [-0.2, -0.15) is 0 Å². The lowest BCUT2D eigenvalue weighted by atomic mass is 10.2. The van der Waals surface area contributed by atoms with Gasteiger partial charge < -0.3 is 4.74 Å². The second-order valence-corrected chi connectivity index (χ2v) is 5.51. The minimum absolute atomic E-state index is 0.0375. The summed E-state index contributed by atoms with van der Waals surface area (Å²) in [6.45, 7) is 3.40. The van der Waals surface area contributed by atoms with Crippen molar-refractivity contribution in [3.63, 3.8) is 0 Å². The molecule has 0 unspecified atom stereocenters. The van der Waals surface area contributed by atoms with Gasteiger partial charge in [-0.25, -0.2) is 17.9 Å². The van der Waals surface area contributed by atoms with Crippen molar-refractivity contribution in [1.82, 2.24) is 4.72 Å². The lowest BCUT2D eigenvalue weighted by molar-refractivity contribution is 0.0373. The second-order valence-electron chi connectivity index (χ2n) is 3.66. The fourth-order valence-electron chi connectivity index (χ4n) is 1.26. The van der Waals surface area contributed by atoms with Crippen molar-refractivity contribution < 1.29 is 17.9 Å². The van der Waals surface area contributed by atoms with Crippen LogP contribution in [0.15, 0.2) is 29.2 Å². The first kappa shape index (κ1) is 13.7. The number of carbonyl (C=O) groups excluding carboxylic acids is 1. The fraction of sp³-hybridized carbons (Fsp3) is 0.364. The molecule has 0 amide bonds. The van der Waals surface area contributed by atoms with Gasteiger partial charge in [0.2, 0.25) is 10.0 Å². The molecule has 0 fully saturated rings. The molecule has 0 spiro atoms. The molecule has 1 N–H and O–H groups in total. The number of carbonyl (C=O) groups is 1. The van der Waals surface area contributed by atoms with Crippen LogP contribution in [-0.4, -0.2) is 27.5 Å². The normalized spacial score (nSPS) is 11.5. The Morgan fingerprint density at radius 3 is 2.41 bits per heavy atom. The molecule has 5 nitrogen and oxygen atoms in total. The van der Waals surface area contributed by atoms with E-state index in [1.165, 1.54) is 19.2 Å². The fourth-order valence-corrected chi connectivity index (χ4v) is 2.18. The first-order chi connectivity index (χ1) is 7.88. The number of ether oxygens (including phenoxy) is 1. The van der Waals surface area contributed by atoms with Crippen molar-refractivity contribution in [2.45, 2.75) is 24.8 Å². The molecule has 94 valence electrons. The van der Waals surface area contributed by atoms with E-state index in [-0.39, 0.29) is 16.6 Å². The van der Waals surface area contributed by atoms with E-state index in [0.717, 1.165) is 0 Å². The number of sulfonamides is 1. The van der Waals surface area contributed by atoms with E-state index in [1.807, 2.05) is 0 Å². The summed E-state index contributed by atoms with van der Waals surface area (Å²) < 4.78 is 30.5. The molecule has 0 aromatic heterocycles. The molecule has 0 atom stereocenters.